The van der Waals surface area contributed by atoms with Gasteiger partial charge in [-0.25, -0.2) is 0 Å². The summed E-state index contributed by atoms with van der Waals surface area (Å²) in [7, 11) is 0. The van der Waals surface area contributed by atoms with Crippen LogP contribution in [0.15, 0.2) is 24.3 Å². The van der Waals surface area contributed by atoms with E-state index in [-0.39, 0.29) is 12.8 Å². The Morgan fingerprint density at radius 2 is 0.896 bits per heavy atom. The highest BCUT2D eigenvalue weighted by Crippen LogP contribution is 2.23. The predicted molar refractivity (Wildman–Crippen MR) is 275 cm³/mol. The number of hydrogen-bond acceptors (Lipinski definition) is 10. The van der Waals surface area contributed by atoms with Crippen LogP contribution in [0.1, 0.15) is 258 Å². The number of nitrogens with one attached hydrogen (secondary N) is 1. The molecule has 11 nitrogen and oxygen atoms in total. The summed E-state index contributed by atoms with van der Waals surface area (Å²) in [5, 5.41) is 76.0. The first-order valence-electron chi connectivity index (χ1n) is 28.2. The minimum absolute atomic E-state index is 0.249. The maximum atomic E-state index is 13.1. The summed E-state index contributed by atoms with van der Waals surface area (Å²) in [6, 6.07) is -1.19. The second-order valence-electron chi connectivity index (χ2n) is 20.0. The molecule has 9 unspecified atom stereocenters. The van der Waals surface area contributed by atoms with Gasteiger partial charge in [-0.2, -0.15) is 0 Å². The number of carbonyl (C=O) groups excluding carboxylic acids is 1. The first kappa shape index (κ1) is 63.6. The first-order chi connectivity index (χ1) is 32.7. The number of hydrogen-bond donors (Lipinski definition) is 8. The fourth-order valence-corrected chi connectivity index (χ4v) is 9.11. The van der Waals surface area contributed by atoms with Gasteiger partial charge < -0.3 is 50.5 Å². The van der Waals surface area contributed by atoms with Gasteiger partial charge in [-0.3, -0.25) is 4.79 Å². The van der Waals surface area contributed by atoms with Crippen LogP contribution in [-0.4, -0.2) is 110 Å². The number of carbonyl (C=O) groups is 1. The van der Waals surface area contributed by atoms with Crippen LogP contribution in [-0.2, 0) is 14.3 Å². The molecule has 67 heavy (non-hydrogen) atoms. The van der Waals surface area contributed by atoms with E-state index in [1.165, 1.54) is 173 Å². The molecular weight excluding hydrogens is 847 g/mol. The number of aliphatic hydroxyl groups is 7. The molecule has 0 bridgehead atoms. The highest BCUT2D eigenvalue weighted by Gasteiger charge is 2.44. The van der Waals surface area contributed by atoms with Gasteiger partial charge in [0.25, 0.3) is 0 Å². The van der Waals surface area contributed by atoms with Gasteiger partial charge >= 0.3 is 0 Å². The van der Waals surface area contributed by atoms with E-state index in [0.29, 0.717) is 19.3 Å². The molecule has 1 aliphatic heterocycles. The molecule has 1 amide bonds. The molecule has 0 radical (unpaired) electrons. The molecule has 11 heteroatoms. The first-order valence-corrected chi connectivity index (χ1v) is 28.2. The molecule has 1 rings (SSSR count). The van der Waals surface area contributed by atoms with Crippen molar-refractivity contribution in [1.82, 2.24) is 5.32 Å². The third-order valence-electron chi connectivity index (χ3n) is 13.7. The van der Waals surface area contributed by atoms with Crippen molar-refractivity contribution in [3.8, 4) is 0 Å². The average molecular weight is 954 g/mol. The smallest absolute Gasteiger partial charge is 0.249 e. The SMILES string of the molecule is CCCCCCCCCCCCCCCCCC/C=C/CC/C=C/CCCC(O)C(O)C(COC1OC(CO)C(O)C(O)C1O)NC(=O)C(O)CCCCCCCCCCCCCCCCC. The summed E-state index contributed by atoms with van der Waals surface area (Å²) in [5.74, 6) is -0.707. The number of unbranched alkanes of at least 4 members (excludes halogenated alkanes) is 32. The monoisotopic (exact) mass is 954 g/mol. The molecule has 1 saturated heterocycles. The summed E-state index contributed by atoms with van der Waals surface area (Å²) in [6.45, 7) is 3.45. The molecule has 9 atom stereocenters. The van der Waals surface area contributed by atoms with Crippen molar-refractivity contribution in [3.05, 3.63) is 24.3 Å². The zero-order valence-corrected chi connectivity index (χ0v) is 43.1. The number of allylic oxidation sites excluding steroid dienone is 4. The summed E-state index contributed by atoms with van der Waals surface area (Å²) < 4.78 is 11.1. The van der Waals surface area contributed by atoms with Crippen molar-refractivity contribution in [2.75, 3.05) is 13.2 Å². The Morgan fingerprint density at radius 3 is 1.33 bits per heavy atom. The van der Waals surface area contributed by atoms with E-state index in [0.717, 1.165) is 38.5 Å². The Bertz CT molecular complexity index is 1140. The van der Waals surface area contributed by atoms with Gasteiger partial charge in [0, 0.05) is 0 Å². The highest BCUT2D eigenvalue weighted by molar-refractivity contribution is 5.80. The molecule has 0 aromatic rings. The molecule has 0 aliphatic carbocycles. The van der Waals surface area contributed by atoms with Crippen LogP contribution in [0.25, 0.3) is 0 Å². The van der Waals surface area contributed by atoms with E-state index in [2.05, 4.69) is 43.5 Å². The van der Waals surface area contributed by atoms with E-state index in [1.807, 2.05) is 0 Å². The number of ether oxygens (including phenoxy) is 2. The Hall–Kier alpha value is -1.41. The van der Waals surface area contributed by atoms with Crippen LogP contribution < -0.4 is 5.32 Å². The summed E-state index contributed by atoms with van der Waals surface area (Å²) in [4.78, 5) is 13.1. The lowest BCUT2D eigenvalue weighted by Gasteiger charge is -2.40. The van der Waals surface area contributed by atoms with Crippen molar-refractivity contribution < 1.29 is 50.0 Å². The fourth-order valence-electron chi connectivity index (χ4n) is 9.11. The van der Waals surface area contributed by atoms with Crippen LogP contribution >= 0.6 is 0 Å². The Labute approximate surface area is 410 Å². The van der Waals surface area contributed by atoms with E-state index in [9.17, 15) is 40.5 Å². The van der Waals surface area contributed by atoms with E-state index in [1.54, 1.807) is 0 Å². The predicted octanol–water partition coefficient (Wildman–Crippen LogP) is 11.3. The van der Waals surface area contributed by atoms with Crippen LogP contribution in [0.4, 0.5) is 0 Å². The van der Waals surface area contributed by atoms with E-state index >= 15 is 0 Å². The summed E-state index contributed by atoms with van der Waals surface area (Å²) >= 11 is 0. The number of amides is 1. The molecule has 0 saturated carbocycles. The largest absolute Gasteiger partial charge is 0.394 e. The number of aliphatic hydroxyl groups excluding tert-OH is 7. The zero-order chi connectivity index (χ0) is 49.0. The molecular formula is C56H107NO10. The van der Waals surface area contributed by atoms with Crippen molar-refractivity contribution in [2.45, 2.75) is 313 Å². The zero-order valence-electron chi connectivity index (χ0n) is 43.1. The molecule has 1 aliphatic rings. The molecule has 396 valence electrons. The lowest BCUT2D eigenvalue weighted by atomic mass is 9.98. The third-order valence-corrected chi connectivity index (χ3v) is 13.7. The fraction of sp³-hybridized carbons (Fsp3) is 0.911. The van der Waals surface area contributed by atoms with Crippen molar-refractivity contribution in [2.24, 2.45) is 0 Å². The standard InChI is InChI=1S/C56H107NO10/c1-3-5-7-9-11-13-15-17-19-20-21-22-23-24-25-26-27-28-30-31-33-35-37-39-41-43-48(59)51(61)47(46-66-56-54(64)53(63)52(62)50(45-58)67-56)57-55(65)49(60)44-42-40-38-36-34-32-29-18-16-14-12-10-8-6-4-2/h28,30,35,37,47-54,56,58-64H,3-27,29,31-34,36,38-46H2,1-2H3,(H,57,65)/b30-28+,37-35+. The van der Waals surface area contributed by atoms with Gasteiger partial charge in [-0.15, -0.1) is 0 Å². The van der Waals surface area contributed by atoms with Gasteiger partial charge in [-0.05, 0) is 51.4 Å². The molecule has 0 aromatic heterocycles. The van der Waals surface area contributed by atoms with Crippen molar-refractivity contribution >= 4 is 5.91 Å². The Balaban J connectivity index is 2.34. The topological polar surface area (TPSA) is 189 Å². The van der Waals surface area contributed by atoms with E-state index < -0.39 is 74.2 Å². The lowest BCUT2D eigenvalue weighted by Crippen LogP contribution is -2.60. The Kier molecular flexibility index (Phi) is 43.4. The molecule has 8 N–H and O–H groups in total. The Morgan fingerprint density at radius 1 is 0.507 bits per heavy atom. The maximum Gasteiger partial charge on any atom is 0.249 e. The van der Waals surface area contributed by atoms with Crippen molar-refractivity contribution in [3.63, 3.8) is 0 Å². The third kappa shape index (κ3) is 34.5. The van der Waals surface area contributed by atoms with Gasteiger partial charge in [-0.1, -0.05) is 231 Å². The van der Waals surface area contributed by atoms with Crippen LogP contribution in [0, 0.1) is 0 Å². The lowest BCUT2D eigenvalue weighted by molar-refractivity contribution is -0.303. The van der Waals surface area contributed by atoms with Crippen LogP contribution in [0.2, 0.25) is 0 Å². The van der Waals surface area contributed by atoms with E-state index in [4.69, 9.17) is 9.47 Å². The second-order valence-corrected chi connectivity index (χ2v) is 20.0. The van der Waals surface area contributed by atoms with Crippen LogP contribution in [0.5, 0.6) is 0 Å². The molecule has 0 spiro atoms. The molecule has 0 aromatic carbocycles. The number of rotatable bonds is 48. The quantitative estimate of drug-likeness (QED) is 0.0215. The van der Waals surface area contributed by atoms with Crippen molar-refractivity contribution in [1.29, 1.82) is 0 Å². The summed E-state index contributed by atoms with van der Waals surface area (Å²) in [6.07, 6.45) is 42.4. The van der Waals surface area contributed by atoms with Gasteiger partial charge in [0.15, 0.2) is 6.29 Å². The minimum Gasteiger partial charge on any atom is -0.394 e. The van der Waals surface area contributed by atoms with Gasteiger partial charge in [0.05, 0.1) is 25.4 Å². The average Bonchev–Trinajstić information content (AvgIpc) is 3.33. The molecule has 1 heterocycles. The maximum absolute atomic E-state index is 13.1. The minimum atomic E-state index is -1.67. The van der Waals surface area contributed by atoms with Gasteiger partial charge in [0.2, 0.25) is 5.91 Å². The highest BCUT2D eigenvalue weighted by atomic mass is 16.7. The normalized spacial score (nSPS) is 20.8. The second kappa shape index (κ2) is 45.7. The van der Waals surface area contributed by atoms with Crippen LogP contribution in [0.3, 0.4) is 0 Å². The molecule has 1 fully saturated rings. The summed E-state index contributed by atoms with van der Waals surface area (Å²) in [5.41, 5.74) is 0. The van der Waals surface area contributed by atoms with Gasteiger partial charge in [0.1, 0.15) is 36.6 Å².